The van der Waals surface area contributed by atoms with Crippen molar-refractivity contribution in [3.8, 4) is 22.9 Å². The summed E-state index contributed by atoms with van der Waals surface area (Å²) in [5, 5.41) is 25.7. The Hall–Kier alpha value is -3.16. The molecule has 0 spiro atoms. The van der Waals surface area contributed by atoms with Crippen molar-refractivity contribution in [2.45, 2.75) is 0 Å². The van der Waals surface area contributed by atoms with Crippen LogP contribution in [0.2, 0.25) is 5.02 Å². The van der Waals surface area contributed by atoms with E-state index in [1.807, 2.05) is 29.2 Å². The number of fused-ring (bicyclic) bond motifs is 2. The smallest absolute Gasteiger partial charge is 0.316 e. The van der Waals surface area contributed by atoms with Crippen molar-refractivity contribution >= 4 is 39.1 Å². The summed E-state index contributed by atoms with van der Waals surface area (Å²) in [5.41, 5.74) is 0.570. The molecule has 1 aliphatic heterocycles. The molecule has 152 valence electrons. The third-order valence-electron chi connectivity index (χ3n) is 5.38. The Bertz CT molecular complexity index is 1290. The number of hydrogen-bond donors (Lipinski definition) is 3. The van der Waals surface area contributed by atoms with Gasteiger partial charge in [0.15, 0.2) is 5.82 Å². The molecule has 8 heteroatoms. The van der Waals surface area contributed by atoms with Gasteiger partial charge in [-0.3, -0.25) is 0 Å². The molecule has 3 N–H and O–H groups in total. The Morgan fingerprint density at radius 1 is 1.00 bits per heavy atom. The lowest BCUT2D eigenvalue weighted by molar-refractivity contribution is 0.431. The molecule has 5 rings (SSSR count). The third kappa shape index (κ3) is 3.07. The molecule has 4 aromatic rings. The fourth-order valence-electron chi connectivity index (χ4n) is 4.03. The molecule has 30 heavy (non-hydrogen) atoms. The monoisotopic (exact) mass is 424 g/mol. The van der Waals surface area contributed by atoms with Gasteiger partial charge in [-0.15, -0.1) is 0 Å². The summed E-state index contributed by atoms with van der Waals surface area (Å²) in [7, 11) is 0. The van der Waals surface area contributed by atoms with Crippen LogP contribution in [0.5, 0.6) is 11.8 Å². The first-order chi connectivity index (χ1) is 14.5. The SMILES string of the molecule is Oc1cc(-c2c(Cl)cc3c(N4CCNCC4)nc(O)nc3c2F)c2ccccc2c1. The number of anilines is 1. The number of nitrogens with one attached hydrogen (secondary N) is 1. The lowest BCUT2D eigenvalue weighted by Crippen LogP contribution is -2.44. The van der Waals surface area contributed by atoms with Crippen LogP contribution < -0.4 is 10.2 Å². The van der Waals surface area contributed by atoms with Gasteiger partial charge in [0, 0.05) is 37.1 Å². The van der Waals surface area contributed by atoms with E-state index < -0.39 is 11.8 Å². The second-order valence-corrected chi connectivity index (χ2v) is 7.65. The average molecular weight is 425 g/mol. The molecule has 0 aliphatic carbocycles. The van der Waals surface area contributed by atoms with Crippen LogP contribution in [0.1, 0.15) is 0 Å². The minimum atomic E-state index is -0.665. The van der Waals surface area contributed by atoms with E-state index in [0.29, 0.717) is 29.9 Å². The van der Waals surface area contributed by atoms with Gasteiger partial charge in [-0.05, 0) is 34.5 Å². The first kappa shape index (κ1) is 18.8. The van der Waals surface area contributed by atoms with Crippen molar-refractivity contribution in [1.29, 1.82) is 0 Å². The number of piperazine rings is 1. The lowest BCUT2D eigenvalue weighted by atomic mass is 9.96. The van der Waals surface area contributed by atoms with Crippen molar-refractivity contribution in [3.05, 3.63) is 53.3 Å². The fraction of sp³-hybridized carbons (Fsp3) is 0.182. The summed E-state index contributed by atoms with van der Waals surface area (Å²) in [6.45, 7) is 2.86. The molecular weight excluding hydrogens is 407 g/mol. The van der Waals surface area contributed by atoms with Crippen molar-refractivity contribution in [2.24, 2.45) is 0 Å². The number of aromatic hydroxyl groups is 2. The number of aromatic nitrogens is 2. The van der Waals surface area contributed by atoms with E-state index in [9.17, 15) is 10.2 Å². The van der Waals surface area contributed by atoms with Crippen molar-refractivity contribution in [3.63, 3.8) is 0 Å². The van der Waals surface area contributed by atoms with E-state index in [1.165, 1.54) is 6.07 Å². The summed E-state index contributed by atoms with van der Waals surface area (Å²) in [6, 6.07) is 11.6. The van der Waals surface area contributed by atoms with Crippen LogP contribution in [0.25, 0.3) is 32.8 Å². The van der Waals surface area contributed by atoms with Gasteiger partial charge in [-0.25, -0.2) is 4.39 Å². The Morgan fingerprint density at radius 3 is 2.57 bits per heavy atom. The van der Waals surface area contributed by atoms with Gasteiger partial charge in [0.25, 0.3) is 0 Å². The predicted molar refractivity (Wildman–Crippen MR) is 116 cm³/mol. The highest BCUT2D eigenvalue weighted by Gasteiger charge is 2.23. The first-order valence-electron chi connectivity index (χ1n) is 9.59. The molecule has 0 bridgehead atoms. The second kappa shape index (κ2) is 7.27. The third-order valence-corrected chi connectivity index (χ3v) is 5.68. The van der Waals surface area contributed by atoms with Gasteiger partial charge in [0.05, 0.1) is 5.02 Å². The summed E-state index contributed by atoms with van der Waals surface area (Å²) >= 11 is 6.58. The molecule has 6 nitrogen and oxygen atoms in total. The highest BCUT2D eigenvalue weighted by molar-refractivity contribution is 6.35. The molecule has 0 saturated carbocycles. The molecule has 1 saturated heterocycles. The normalized spacial score (nSPS) is 14.5. The lowest BCUT2D eigenvalue weighted by Gasteiger charge is -2.29. The molecule has 0 atom stereocenters. The Morgan fingerprint density at radius 2 is 1.77 bits per heavy atom. The summed E-state index contributed by atoms with van der Waals surface area (Å²) in [4.78, 5) is 10.1. The highest BCUT2D eigenvalue weighted by atomic mass is 35.5. The Kier molecular flexibility index (Phi) is 4.56. The molecule has 0 radical (unpaired) electrons. The summed E-state index contributed by atoms with van der Waals surface area (Å²) in [6.07, 6.45) is 0. The zero-order valence-electron chi connectivity index (χ0n) is 15.9. The summed E-state index contributed by atoms with van der Waals surface area (Å²) < 4.78 is 15.8. The zero-order valence-corrected chi connectivity index (χ0v) is 16.6. The molecule has 1 aliphatic rings. The van der Waals surface area contributed by atoms with Gasteiger partial charge in [-0.1, -0.05) is 35.9 Å². The topological polar surface area (TPSA) is 81.5 Å². The van der Waals surface area contributed by atoms with Gasteiger partial charge >= 0.3 is 6.01 Å². The predicted octanol–water partition coefficient (Wildman–Crippen LogP) is 4.06. The molecular formula is C22H18ClFN4O2. The fourth-order valence-corrected chi connectivity index (χ4v) is 4.33. The van der Waals surface area contributed by atoms with E-state index in [0.717, 1.165) is 23.9 Å². The van der Waals surface area contributed by atoms with Crippen molar-refractivity contribution < 1.29 is 14.6 Å². The van der Waals surface area contributed by atoms with Crippen LogP contribution in [0.15, 0.2) is 42.5 Å². The van der Waals surface area contributed by atoms with Crippen LogP contribution in [0.4, 0.5) is 10.2 Å². The quantitative estimate of drug-likeness (QED) is 0.450. The molecule has 1 aromatic heterocycles. The number of rotatable bonds is 2. The molecule has 0 unspecified atom stereocenters. The maximum Gasteiger partial charge on any atom is 0.316 e. The van der Waals surface area contributed by atoms with E-state index >= 15 is 4.39 Å². The Balaban J connectivity index is 1.80. The van der Waals surface area contributed by atoms with Crippen LogP contribution in [-0.2, 0) is 0 Å². The summed E-state index contributed by atoms with van der Waals surface area (Å²) in [5.74, 6) is -0.208. The zero-order chi connectivity index (χ0) is 20.8. The molecule has 2 heterocycles. The minimum Gasteiger partial charge on any atom is -0.508 e. The maximum absolute atomic E-state index is 15.8. The number of phenols is 1. The van der Waals surface area contributed by atoms with Crippen LogP contribution in [0.3, 0.4) is 0 Å². The van der Waals surface area contributed by atoms with Gasteiger partial charge < -0.3 is 20.4 Å². The van der Waals surface area contributed by atoms with E-state index in [-0.39, 0.29) is 21.9 Å². The largest absolute Gasteiger partial charge is 0.508 e. The van der Waals surface area contributed by atoms with Crippen LogP contribution in [-0.4, -0.2) is 46.4 Å². The van der Waals surface area contributed by atoms with Crippen molar-refractivity contribution in [2.75, 3.05) is 31.1 Å². The molecule has 0 amide bonds. The average Bonchev–Trinajstić information content (AvgIpc) is 2.74. The Labute approximate surface area is 176 Å². The van der Waals surface area contributed by atoms with Gasteiger partial charge in [0.1, 0.15) is 17.1 Å². The molecule has 3 aromatic carbocycles. The van der Waals surface area contributed by atoms with Gasteiger partial charge in [-0.2, -0.15) is 9.97 Å². The molecule has 1 fully saturated rings. The van der Waals surface area contributed by atoms with Crippen LogP contribution >= 0.6 is 11.6 Å². The number of benzene rings is 3. The number of phenolic OH excluding ortho intramolecular Hbond substituents is 1. The van der Waals surface area contributed by atoms with Crippen LogP contribution in [0, 0.1) is 5.82 Å². The minimum absolute atomic E-state index is 0.00584. The van der Waals surface area contributed by atoms with E-state index in [1.54, 1.807) is 12.1 Å². The van der Waals surface area contributed by atoms with E-state index in [2.05, 4.69) is 15.3 Å². The number of halogens is 2. The highest BCUT2D eigenvalue weighted by Crippen LogP contribution is 2.42. The number of hydrogen-bond acceptors (Lipinski definition) is 6. The first-order valence-corrected chi connectivity index (χ1v) is 9.97. The standard InChI is InChI=1S/C22H18ClFN4O2/c23-17-11-16-20(26-22(30)27-21(16)28-7-5-25-6-8-28)19(24)18(17)15-10-13(29)9-12-3-1-2-4-14(12)15/h1-4,9-11,25,29H,5-8H2,(H,26,27,30). The van der Waals surface area contributed by atoms with E-state index in [4.69, 9.17) is 11.6 Å². The number of nitrogens with zero attached hydrogens (tertiary/aromatic N) is 3. The second-order valence-electron chi connectivity index (χ2n) is 7.24. The van der Waals surface area contributed by atoms with Gasteiger partial charge in [0.2, 0.25) is 0 Å². The van der Waals surface area contributed by atoms with Crippen molar-refractivity contribution in [1.82, 2.24) is 15.3 Å². The maximum atomic E-state index is 15.8.